The standard InChI is InChI=1S/2C22H17.CH2.2ClH.Zr/c2*1-3-10-18(11-4-1)22(19-12-5-2-6-13-19)21-16-15-17-9-7-8-14-20(17)21;;;;/h2*1-16,22H;1H2;2*1H;/q;;;;;+2/p-2. The minimum absolute atomic E-state index is 0. The van der Waals surface area contributed by atoms with Crippen molar-refractivity contribution in [3.63, 3.8) is 0 Å². The van der Waals surface area contributed by atoms with E-state index in [1.807, 2.05) is 0 Å². The number of fused-ring (bicyclic) bond motifs is 2. The second-order valence-electron chi connectivity index (χ2n) is 12.5. The monoisotopic (exact) mass is 736 g/mol. The Morgan fingerprint density at radius 1 is 0.375 bits per heavy atom. The second kappa shape index (κ2) is 15.1. The topological polar surface area (TPSA) is 0 Å². The number of hydrogen-bond donors (Lipinski definition) is 0. The first-order valence-corrected chi connectivity index (χ1v) is 20.9. The normalized spacial score (nSPS) is 15.7. The molecule has 0 heterocycles. The molecule has 2 aliphatic carbocycles. The Labute approximate surface area is 304 Å². The molecule has 0 fully saturated rings. The summed E-state index contributed by atoms with van der Waals surface area (Å²) in [6.45, 7) is 0. The van der Waals surface area contributed by atoms with E-state index < -0.39 is 21.3 Å². The quantitative estimate of drug-likeness (QED) is 0.207. The zero-order chi connectivity index (χ0) is 30.9. The largest absolute Gasteiger partial charge is 1.00 e. The first-order valence-electron chi connectivity index (χ1n) is 16.3. The van der Waals surface area contributed by atoms with Gasteiger partial charge in [0.25, 0.3) is 0 Å². The predicted octanol–water partition coefficient (Wildman–Crippen LogP) is 4.99. The Morgan fingerprint density at radius 3 is 0.958 bits per heavy atom. The molecule has 8 rings (SSSR count). The van der Waals surface area contributed by atoms with Crippen LogP contribution in [0.2, 0.25) is 0 Å². The van der Waals surface area contributed by atoms with E-state index in [1.54, 1.807) is 0 Å². The molecule has 2 aliphatic rings. The molecular formula is C45H36Cl2Zr. The van der Waals surface area contributed by atoms with Gasteiger partial charge >= 0.3 is 282 Å². The van der Waals surface area contributed by atoms with E-state index in [0.29, 0.717) is 7.25 Å². The SMILES string of the molecule is [CH2]=[Zr+2]([CH]1C=C(C(c2ccccc2)c2ccccc2)c2ccccc21)[CH]1C=C(C(c2ccccc2)c2ccccc2)c2ccccc21.[Cl-].[Cl-]. The van der Waals surface area contributed by atoms with Gasteiger partial charge in [-0.3, -0.25) is 0 Å². The summed E-state index contributed by atoms with van der Waals surface area (Å²) in [5, 5.41) is 0. The van der Waals surface area contributed by atoms with Crippen LogP contribution >= 0.6 is 0 Å². The molecule has 0 bridgehead atoms. The van der Waals surface area contributed by atoms with Gasteiger partial charge < -0.3 is 24.8 Å². The average molecular weight is 739 g/mol. The molecule has 6 aromatic rings. The number of allylic oxidation sites excluding steroid dienone is 4. The van der Waals surface area contributed by atoms with Gasteiger partial charge in [-0.15, -0.1) is 0 Å². The molecule has 0 saturated heterocycles. The molecule has 0 radical (unpaired) electrons. The van der Waals surface area contributed by atoms with E-state index in [2.05, 4.69) is 182 Å². The Balaban J connectivity index is 0.00000201. The minimum Gasteiger partial charge on any atom is -1.00 e. The Kier molecular flexibility index (Phi) is 10.7. The molecule has 0 spiro atoms. The summed E-state index contributed by atoms with van der Waals surface area (Å²) in [6, 6.07) is 62.5. The van der Waals surface area contributed by atoms with Gasteiger partial charge in [0.1, 0.15) is 0 Å². The molecule has 0 aromatic heterocycles. The van der Waals surface area contributed by atoms with Gasteiger partial charge in [-0.05, 0) is 0 Å². The molecule has 0 aliphatic heterocycles. The third-order valence-electron chi connectivity index (χ3n) is 9.86. The Morgan fingerprint density at radius 2 is 0.646 bits per heavy atom. The molecule has 2 unspecified atom stereocenters. The van der Waals surface area contributed by atoms with Crippen molar-refractivity contribution in [2.75, 3.05) is 0 Å². The van der Waals surface area contributed by atoms with Crippen LogP contribution < -0.4 is 24.8 Å². The fourth-order valence-corrected chi connectivity index (χ4v) is 13.9. The van der Waals surface area contributed by atoms with E-state index in [9.17, 15) is 0 Å². The van der Waals surface area contributed by atoms with E-state index in [0.717, 1.165) is 0 Å². The molecule has 0 nitrogen and oxygen atoms in total. The van der Waals surface area contributed by atoms with Crippen LogP contribution in [0.3, 0.4) is 0 Å². The van der Waals surface area contributed by atoms with Crippen molar-refractivity contribution < 1.29 is 46.1 Å². The van der Waals surface area contributed by atoms with E-state index in [-0.39, 0.29) is 36.6 Å². The fourth-order valence-electron chi connectivity index (χ4n) is 7.78. The maximum atomic E-state index is 5.19. The molecule has 3 heteroatoms. The molecule has 6 aromatic carbocycles. The first kappa shape index (κ1) is 34.0. The van der Waals surface area contributed by atoms with Crippen molar-refractivity contribution in [3.05, 3.63) is 227 Å². The van der Waals surface area contributed by atoms with Crippen LogP contribution in [-0.4, -0.2) is 4.21 Å². The van der Waals surface area contributed by atoms with Crippen LogP contribution in [0.5, 0.6) is 0 Å². The molecule has 0 N–H and O–H groups in total. The van der Waals surface area contributed by atoms with Crippen molar-refractivity contribution >= 4 is 15.4 Å². The van der Waals surface area contributed by atoms with Crippen molar-refractivity contribution in [1.29, 1.82) is 0 Å². The van der Waals surface area contributed by atoms with Gasteiger partial charge in [0.2, 0.25) is 0 Å². The molecule has 48 heavy (non-hydrogen) atoms. The van der Waals surface area contributed by atoms with Crippen LogP contribution in [0, 0.1) is 0 Å². The van der Waals surface area contributed by atoms with Crippen molar-refractivity contribution in [3.8, 4) is 0 Å². The molecule has 0 amide bonds. The minimum atomic E-state index is -2.48. The summed E-state index contributed by atoms with van der Waals surface area (Å²) in [5.74, 6) is 0.375. The third-order valence-corrected chi connectivity index (χ3v) is 16.1. The number of benzene rings is 6. The third kappa shape index (κ3) is 6.33. The molecule has 0 saturated carbocycles. The first-order chi connectivity index (χ1) is 22.8. The summed E-state index contributed by atoms with van der Waals surface area (Å²) >= 11 is -2.48. The van der Waals surface area contributed by atoms with Gasteiger partial charge in [0.05, 0.1) is 0 Å². The van der Waals surface area contributed by atoms with Gasteiger partial charge in [-0.25, -0.2) is 0 Å². The Hall–Kier alpha value is -3.87. The van der Waals surface area contributed by atoms with Crippen molar-refractivity contribution in [2.45, 2.75) is 19.1 Å². The van der Waals surface area contributed by atoms with Gasteiger partial charge in [0.15, 0.2) is 0 Å². The van der Waals surface area contributed by atoms with Crippen molar-refractivity contribution in [2.24, 2.45) is 0 Å². The number of rotatable bonds is 8. The fraction of sp³-hybridized carbons (Fsp3) is 0.0889. The number of hydrogen-bond acceptors (Lipinski definition) is 0. The van der Waals surface area contributed by atoms with Crippen LogP contribution in [0.25, 0.3) is 11.1 Å². The molecular weight excluding hydrogens is 703 g/mol. The number of halogens is 2. The van der Waals surface area contributed by atoms with Crippen LogP contribution in [0.1, 0.15) is 63.6 Å². The van der Waals surface area contributed by atoms with Gasteiger partial charge in [0, 0.05) is 0 Å². The molecule has 2 atom stereocenters. The molecule has 234 valence electrons. The van der Waals surface area contributed by atoms with E-state index >= 15 is 0 Å². The van der Waals surface area contributed by atoms with Crippen LogP contribution in [-0.2, 0) is 21.3 Å². The smallest absolute Gasteiger partial charge is 1.00 e. The summed E-state index contributed by atoms with van der Waals surface area (Å²) in [4.78, 5) is 0. The zero-order valence-electron chi connectivity index (χ0n) is 26.6. The maximum Gasteiger partial charge on any atom is -1.00 e. The summed E-state index contributed by atoms with van der Waals surface area (Å²) in [7, 11) is 0. The second-order valence-corrected chi connectivity index (χ2v) is 18.3. The Bertz CT molecular complexity index is 1840. The maximum absolute atomic E-state index is 5.19. The van der Waals surface area contributed by atoms with E-state index in [1.165, 1.54) is 55.7 Å². The summed E-state index contributed by atoms with van der Waals surface area (Å²) in [5.41, 5.74) is 14.0. The van der Waals surface area contributed by atoms with Crippen LogP contribution in [0.15, 0.2) is 182 Å². The van der Waals surface area contributed by atoms with Gasteiger partial charge in [-0.2, -0.15) is 0 Å². The van der Waals surface area contributed by atoms with Crippen LogP contribution in [0.4, 0.5) is 0 Å². The predicted molar refractivity (Wildman–Crippen MR) is 191 cm³/mol. The zero-order valence-corrected chi connectivity index (χ0v) is 30.6. The van der Waals surface area contributed by atoms with Gasteiger partial charge in [-0.1, -0.05) is 0 Å². The summed E-state index contributed by atoms with van der Waals surface area (Å²) in [6.07, 6.45) is 5.27. The van der Waals surface area contributed by atoms with Crippen molar-refractivity contribution in [1.82, 2.24) is 0 Å². The average Bonchev–Trinajstić information content (AvgIpc) is 3.70. The summed E-state index contributed by atoms with van der Waals surface area (Å²) < 4.78 is 5.97. The van der Waals surface area contributed by atoms with E-state index in [4.69, 9.17) is 4.21 Å².